The molecule has 2 atom stereocenters. The van der Waals surface area contributed by atoms with E-state index < -0.39 is 0 Å². The third-order valence-electron chi connectivity index (χ3n) is 5.00. The molecule has 2 aromatic rings. The summed E-state index contributed by atoms with van der Waals surface area (Å²) in [5, 5.41) is 0. The molecule has 0 unspecified atom stereocenters. The summed E-state index contributed by atoms with van der Waals surface area (Å²) in [5.74, 6) is 2.37. The van der Waals surface area contributed by atoms with Crippen molar-refractivity contribution in [1.82, 2.24) is 0 Å². The van der Waals surface area contributed by atoms with Gasteiger partial charge in [-0.3, -0.25) is 4.79 Å². The van der Waals surface area contributed by atoms with Crippen LogP contribution in [0.2, 0.25) is 0 Å². The number of rotatable bonds is 8. The van der Waals surface area contributed by atoms with E-state index in [-0.39, 0.29) is 18.0 Å². The molecule has 0 radical (unpaired) electrons. The van der Waals surface area contributed by atoms with E-state index in [4.69, 9.17) is 23.7 Å². The average Bonchev–Trinajstić information content (AvgIpc) is 3.06. The zero-order chi connectivity index (χ0) is 20.1. The molecule has 6 nitrogen and oxygen atoms in total. The van der Waals surface area contributed by atoms with Gasteiger partial charge in [0.15, 0.2) is 23.0 Å². The monoisotopic (exact) mass is 386 g/mol. The topological polar surface area (TPSA) is 63.2 Å². The highest BCUT2D eigenvalue weighted by molar-refractivity contribution is 5.75. The largest absolute Gasteiger partial charge is 0.493 e. The van der Waals surface area contributed by atoms with Crippen LogP contribution in [0.1, 0.15) is 17.5 Å². The molecule has 28 heavy (non-hydrogen) atoms. The Kier molecular flexibility index (Phi) is 6.29. The van der Waals surface area contributed by atoms with Gasteiger partial charge < -0.3 is 23.7 Å². The molecule has 1 saturated heterocycles. The molecule has 2 aromatic carbocycles. The lowest BCUT2D eigenvalue weighted by Crippen LogP contribution is -2.10. The molecule has 3 rings (SSSR count). The summed E-state index contributed by atoms with van der Waals surface area (Å²) in [5.41, 5.74) is 2.06. The summed E-state index contributed by atoms with van der Waals surface area (Å²) < 4.78 is 26.8. The zero-order valence-electron chi connectivity index (χ0n) is 16.7. The Labute approximate surface area is 165 Å². The molecule has 0 saturated carbocycles. The van der Waals surface area contributed by atoms with Gasteiger partial charge in [-0.15, -0.1) is 0 Å². The van der Waals surface area contributed by atoms with Gasteiger partial charge in [-0.1, -0.05) is 12.1 Å². The number of hydrogen-bond donors (Lipinski definition) is 0. The maximum absolute atomic E-state index is 12.4. The van der Waals surface area contributed by atoms with Crippen LogP contribution in [0.5, 0.6) is 23.0 Å². The van der Waals surface area contributed by atoms with Crippen molar-refractivity contribution in [3.63, 3.8) is 0 Å². The van der Waals surface area contributed by atoms with E-state index in [2.05, 4.69) is 0 Å². The zero-order valence-corrected chi connectivity index (χ0v) is 16.7. The number of methoxy groups -OCH3 is 4. The third kappa shape index (κ3) is 4.32. The highest BCUT2D eigenvalue weighted by atomic mass is 16.6. The predicted octanol–water partition coefficient (Wildman–Crippen LogP) is 3.44. The molecule has 0 bridgehead atoms. The van der Waals surface area contributed by atoms with Crippen LogP contribution in [0.15, 0.2) is 36.4 Å². The quantitative estimate of drug-likeness (QED) is 0.648. The molecule has 0 N–H and O–H groups in total. The fraction of sp³-hybridized carbons (Fsp3) is 0.409. The summed E-state index contributed by atoms with van der Waals surface area (Å²) in [6.45, 7) is 0. The number of carbonyl (C=O) groups is 1. The summed E-state index contributed by atoms with van der Waals surface area (Å²) in [7, 11) is 6.42. The number of carbonyl (C=O) groups excluding carboxylic acids is 1. The standard InChI is InChI=1S/C22H26O6/c1-24-18-7-5-14(11-20(18)26-3)9-16-13-17(28-22(16)23)10-15-6-8-19(25-2)21(12-15)27-4/h5-8,11-12,16-17H,9-10,13H2,1-4H3/t16-,17-/m0/s1. The number of esters is 1. The van der Waals surface area contributed by atoms with Crippen molar-refractivity contribution < 1.29 is 28.5 Å². The Morgan fingerprint density at radius 2 is 1.29 bits per heavy atom. The first kappa shape index (κ1) is 19.9. The minimum absolute atomic E-state index is 0.143. The SMILES string of the molecule is COc1ccc(C[C@H]2C[C@H](Cc3ccc(OC)c(OC)c3)C(=O)O2)cc1OC. The van der Waals surface area contributed by atoms with E-state index in [9.17, 15) is 4.79 Å². The molecule has 1 aliphatic rings. The van der Waals surface area contributed by atoms with Crippen molar-refractivity contribution in [1.29, 1.82) is 0 Å². The lowest BCUT2D eigenvalue weighted by Gasteiger charge is -2.12. The van der Waals surface area contributed by atoms with Crippen molar-refractivity contribution in [3.05, 3.63) is 47.5 Å². The van der Waals surface area contributed by atoms with Gasteiger partial charge in [0.2, 0.25) is 0 Å². The Bertz CT molecular complexity index is 832. The van der Waals surface area contributed by atoms with Gasteiger partial charge in [0.1, 0.15) is 6.10 Å². The molecule has 6 heteroatoms. The molecule has 0 amide bonds. The minimum Gasteiger partial charge on any atom is -0.493 e. The predicted molar refractivity (Wildman–Crippen MR) is 104 cm³/mol. The molecule has 1 fully saturated rings. The van der Waals surface area contributed by atoms with Crippen molar-refractivity contribution in [2.24, 2.45) is 5.92 Å². The molecular formula is C22H26O6. The number of ether oxygens (including phenoxy) is 5. The lowest BCUT2D eigenvalue weighted by molar-refractivity contribution is -0.144. The molecular weight excluding hydrogens is 360 g/mol. The fourth-order valence-corrected chi connectivity index (χ4v) is 3.58. The van der Waals surface area contributed by atoms with Crippen LogP contribution in [0.25, 0.3) is 0 Å². The van der Waals surface area contributed by atoms with Crippen molar-refractivity contribution in [2.75, 3.05) is 28.4 Å². The maximum atomic E-state index is 12.4. The normalized spacial score (nSPS) is 18.5. The Balaban J connectivity index is 1.65. The number of cyclic esters (lactones) is 1. The first-order valence-electron chi connectivity index (χ1n) is 9.20. The second-order valence-electron chi connectivity index (χ2n) is 6.78. The Morgan fingerprint density at radius 1 is 0.786 bits per heavy atom. The van der Waals surface area contributed by atoms with Crippen molar-refractivity contribution in [3.8, 4) is 23.0 Å². The van der Waals surface area contributed by atoms with Gasteiger partial charge in [-0.2, -0.15) is 0 Å². The van der Waals surface area contributed by atoms with Crippen LogP contribution in [-0.4, -0.2) is 40.5 Å². The lowest BCUT2D eigenvalue weighted by atomic mass is 9.94. The van der Waals surface area contributed by atoms with E-state index in [1.54, 1.807) is 28.4 Å². The first-order chi connectivity index (χ1) is 13.6. The van der Waals surface area contributed by atoms with Crippen molar-refractivity contribution >= 4 is 5.97 Å². The van der Waals surface area contributed by atoms with Gasteiger partial charge in [-0.05, 0) is 48.2 Å². The van der Waals surface area contributed by atoms with E-state index in [1.165, 1.54) is 0 Å². The average molecular weight is 386 g/mol. The summed E-state index contributed by atoms with van der Waals surface area (Å²) in [6, 6.07) is 11.5. The molecule has 1 aliphatic heterocycles. The minimum atomic E-state index is -0.164. The second-order valence-corrected chi connectivity index (χ2v) is 6.78. The van der Waals surface area contributed by atoms with Crippen LogP contribution in [0.4, 0.5) is 0 Å². The molecule has 150 valence electrons. The highest BCUT2D eigenvalue weighted by Gasteiger charge is 2.34. The second kappa shape index (κ2) is 8.87. The fourth-order valence-electron chi connectivity index (χ4n) is 3.58. The van der Waals surface area contributed by atoms with Crippen LogP contribution < -0.4 is 18.9 Å². The van der Waals surface area contributed by atoms with E-state index in [0.29, 0.717) is 42.3 Å². The van der Waals surface area contributed by atoms with Gasteiger partial charge in [-0.25, -0.2) is 0 Å². The van der Waals surface area contributed by atoms with Crippen molar-refractivity contribution in [2.45, 2.75) is 25.4 Å². The Morgan fingerprint density at radius 3 is 1.79 bits per heavy atom. The van der Waals surface area contributed by atoms with E-state index in [0.717, 1.165) is 11.1 Å². The molecule has 0 spiro atoms. The number of hydrogen-bond acceptors (Lipinski definition) is 6. The van der Waals surface area contributed by atoms with Gasteiger partial charge >= 0.3 is 5.97 Å². The summed E-state index contributed by atoms with van der Waals surface area (Å²) in [6.07, 6.45) is 1.80. The highest BCUT2D eigenvalue weighted by Crippen LogP contribution is 2.33. The van der Waals surface area contributed by atoms with Gasteiger partial charge in [0, 0.05) is 6.42 Å². The van der Waals surface area contributed by atoms with Crippen LogP contribution in [0.3, 0.4) is 0 Å². The molecule has 1 heterocycles. The van der Waals surface area contributed by atoms with Crippen LogP contribution in [-0.2, 0) is 22.4 Å². The first-order valence-corrected chi connectivity index (χ1v) is 9.20. The van der Waals surface area contributed by atoms with E-state index in [1.807, 2.05) is 36.4 Å². The third-order valence-corrected chi connectivity index (χ3v) is 5.00. The maximum Gasteiger partial charge on any atom is 0.309 e. The Hall–Kier alpha value is -2.89. The number of benzene rings is 2. The summed E-state index contributed by atoms with van der Waals surface area (Å²) >= 11 is 0. The van der Waals surface area contributed by atoms with Gasteiger partial charge in [0.05, 0.1) is 34.4 Å². The van der Waals surface area contributed by atoms with Crippen LogP contribution in [0, 0.1) is 5.92 Å². The summed E-state index contributed by atoms with van der Waals surface area (Å²) in [4.78, 5) is 12.4. The van der Waals surface area contributed by atoms with Crippen LogP contribution >= 0.6 is 0 Å². The molecule has 0 aliphatic carbocycles. The smallest absolute Gasteiger partial charge is 0.309 e. The molecule has 0 aromatic heterocycles. The van der Waals surface area contributed by atoms with E-state index >= 15 is 0 Å². The van der Waals surface area contributed by atoms with Gasteiger partial charge in [0.25, 0.3) is 0 Å².